The number of methoxy groups -OCH3 is 3. The highest BCUT2D eigenvalue weighted by atomic mass is 32.2. The van der Waals surface area contributed by atoms with Gasteiger partial charge in [0.2, 0.25) is 0 Å². The average Bonchev–Trinajstić information content (AvgIpc) is 2.76. The summed E-state index contributed by atoms with van der Waals surface area (Å²) in [6.07, 6.45) is 0.614. The van der Waals surface area contributed by atoms with Crippen LogP contribution in [-0.2, 0) is 14.8 Å². The zero-order chi connectivity index (χ0) is 22.9. The summed E-state index contributed by atoms with van der Waals surface area (Å²) in [5.74, 6) is 0.682. The minimum Gasteiger partial charge on any atom is -0.494 e. The van der Waals surface area contributed by atoms with Gasteiger partial charge in [0.25, 0.3) is 15.9 Å². The molecule has 0 aliphatic heterocycles. The van der Waals surface area contributed by atoms with Crippen molar-refractivity contribution in [1.82, 2.24) is 5.32 Å². The van der Waals surface area contributed by atoms with E-state index < -0.39 is 15.9 Å². The van der Waals surface area contributed by atoms with Gasteiger partial charge in [0.15, 0.2) is 11.5 Å². The maximum absolute atomic E-state index is 12.9. The first-order valence-corrected chi connectivity index (χ1v) is 11.1. The van der Waals surface area contributed by atoms with Crippen molar-refractivity contribution < 1.29 is 32.2 Å². The molecule has 0 heterocycles. The van der Waals surface area contributed by atoms with E-state index in [0.717, 1.165) is 0 Å². The van der Waals surface area contributed by atoms with Crippen molar-refractivity contribution in [3.8, 4) is 17.2 Å². The van der Waals surface area contributed by atoms with E-state index in [2.05, 4.69) is 10.0 Å². The van der Waals surface area contributed by atoms with Gasteiger partial charge < -0.3 is 24.3 Å². The molecule has 0 spiro atoms. The fourth-order valence-corrected chi connectivity index (χ4v) is 3.82. The highest BCUT2D eigenvalue weighted by Crippen LogP contribution is 2.34. The lowest BCUT2D eigenvalue weighted by Crippen LogP contribution is -2.27. The Hall–Kier alpha value is -2.98. The van der Waals surface area contributed by atoms with Crippen molar-refractivity contribution in [3.05, 3.63) is 42.0 Å². The van der Waals surface area contributed by atoms with Gasteiger partial charge in [-0.3, -0.25) is 9.52 Å². The lowest BCUT2D eigenvalue weighted by molar-refractivity contribution is 0.0949. The van der Waals surface area contributed by atoms with Crippen LogP contribution in [-0.4, -0.2) is 55.4 Å². The monoisotopic (exact) mass is 452 g/mol. The van der Waals surface area contributed by atoms with Crippen molar-refractivity contribution in [1.29, 1.82) is 0 Å². The van der Waals surface area contributed by atoms with E-state index in [9.17, 15) is 13.2 Å². The summed E-state index contributed by atoms with van der Waals surface area (Å²) in [5.41, 5.74) is 0.167. The summed E-state index contributed by atoms with van der Waals surface area (Å²) >= 11 is 0. The second-order valence-electron chi connectivity index (χ2n) is 6.36. The zero-order valence-electron chi connectivity index (χ0n) is 18.1. The van der Waals surface area contributed by atoms with E-state index in [-0.39, 0.29) is 21.9 Å². The summed E-state index contributed by atoms with van der Waals surface area (Å²) in [6.45, 7) is 3.17. The number of rotatable bonds is 12. The summed E-state index contributed by atoms with van der Waals surface area (Å²) in [4.78, 5) is 12.8. The smallest absolute Gasteiger partial charge is 0.261 e. The molecule has 0 radical (unpaired) electrons. The summed E-state index contributed by atoms with van der Waals surface area (Å²) in [7, 11) is 0.453. The van der Waals surface area contributed by atoms with Gasteiger partial charge in [0, 0.05) is 26.3 Å². The molecule has 0 aromatic heterocycles. The van der Waals surface area contributed by atoms with Gasteiger partial charge in [-0.05, 0) is 43.7 Å². The van der Waals surface area contributed by atoms with Crippen LogP contribution in [0.1, 0.15) is 23.7 Å². The van der Waals surface area contributed by atoms with Crippen LogP contribution in [0.5, 0.6) is 17.2 Å². The number of anilines is 1. The van der Waals surface area contributed by atoms with Crippen molar-refractivity contribution in [2.24, 2.45) is 0 Å². The summed E-state index contributed by atoms with van der Waals surface area (Å²) < 4.78 is 49.2. The minimum atomic E-state index is -3.98. The fourth-order valence-electron chi connectivity index (χ4n) is 2.75. The number of carbonyl (C=O) groups excluding carboxylic acids is 1. The Labute approximate surface area is 182 Å². The molecule has 9 nitrogen and oxygen atoms in total. The number of sulfonamides is 1. The molecule has 2 aromatic carbocycles. The third-order valence-electron chi connectivity index (χ3n) is 4.27. The van der Waals surface area contributed by atoms with Gasteiger partial charge in [-0.1, -0.05) is 0 Å². The molecule has 0 saturated heterocycles. The predicted molar refractivity (Wildman–Crippen MR) is 117 cm³/mol. The molecule has 0 aliphatic rings. The topological polar surface area (TPSA) is 112 Å². The minimum absolute atomic E-state index is 0.0252. The maximum Gasteiger partial charge on any atom is 0.261 e. The number of carbonyl (C=O) groups is 1. The van der Waals surface area contributed by atoms with Crippen LogP contribution in [0, 0.1) is 0 Å². The lowest BCUT2D eigenvalue weighted by Gasteiger charge is -2.16. The Bertz CT molecular complexity index is 976. The second-order valence-corrected chi connectivity index (χ2v) is 8.05. The number of amides is 1. The molecule has 0 fully saturated rings. The molecule has 170 valence electrons. The van der Waals surface area contributed by atoms with Gasteiger partial charge in [0.1, 0.15) is 5.75 Å². The Balaban J connectivity index is 2.36. The Kier molecular flexibility index (Phi) is 8.95. The van der Waals surface area contributed by atoms with Crippen LogP contribution in [0.2, 0.25) is 0 Å². The number of nitrogens with one attached hydrogen (secondary N) is 2. The van der Waals surface area contributed by atoms with Crippen LogP contribution >= 0.6 is 0 Å². The number of hydrogen-bond acceptors (Lipinski definition) is 7. The molecular weight excluding hydrogens is 424 g/mol. The molecule has 0 aliphatic carbocycles. The van der Waals surface area contributed by atoms with Gasteiger partial charge in [-0.25, -0.2) is 8.42 Å². The number of ether oxygens (including phenoxy) is 4. The van der Waals surface area contributed by atoms with E-state index in [4.69, 9.17) is 18.9 Å². The van der Waals surface area contributed by atoms with Crippen molar-refractivity contribution >= 4 is 21.6 Å². The largest absolute Gasteiger partial charge is 0.494 e. The van der Waals surface area contributed by atoms with Crippen molar-refractivity contribution in [2.75, 3.05) is 45.8 Å². The van der Waals surface area contributed by atoms with Crippen LogP contribution in [0.3, 0.4) is 0 Å². The highest BCUT2D eigenvalue weighted by molar-refractivity contribution is 7.92. The molecule has 2 N–H and O–H groups in total. The first-order valence-electron chi connectivity index (χ1n) is 9.65. The molecular formula is C21H28N2O7S. The zero-order valence-corrected chi connectivity index (χ0v) is 18.9. The molecule has 0 atom stereocenters. The molecule has 2 aromatic rings. The van der Waals surface area contributed by atoms with Gasteiger partial charge in [0.05, 0.1) is 37.0 Å². The molecule has 0 saturated carbocycles. The second kappa shape index (κ2) is 11.4. The molecule has 31 heavy (non-hydrogen) atoms. The maximum atomic E-state index is 12.9. The van der Waals surface area contributed by atoms with Gasteiger partial charge >= 0.3 is 0 Å². The van der Waals surface area contributed by atoms with E-state index >= 15 is 0 Å². The fraction of sp³-hybridized carbons (Fsp3) is 0.381. The predicted octanol–water partition coefficient (Wildman–Crippen LogP) is 2.67. The lowest BCUT2D eigenvalue weighted by atomic mass is 10.1. The van der Waals surface area contributed by atoms with Crippen LogP contribution in [0.25, 0.3) is 0 Å². The van der Waals surface area contributed by atoms with Gasteiger partial charge in [-0.2, -0.15) is 0 Å². The van der Waals surface area contributed by atoms with Gasteiger partial charge in [-0.15, -0.1) is 0 Å². The van der Waals surface area contributed by atoms with E-state index in [1.54, 1.807) is 19.2 Å². The standard InChI is InChI=1S/C21H28N2O7S/c1-5-30-15-7-9-16(10-8-15)31(25,26)23-18-14-20(29-4)19(28-3)13-17(18)21(24)22-11-6-12-27-2/h7-10,13-14,23H,5-6,11-12H2,1-4H3,(H,22,24). The SMILES string of the molecule is CCOc1ccc(S(=O)(=O)Nc2cc(OC)c(OC)cc2C(=O)NCCCOC)cc1. The highest BCUT2D eigenvalue weighted by Gasteiger charge is 2.22. The Morgan fingerprint density at radius 3 is 2.23 bits per heavy atom. The Morgan fingerprint density at radius 1 is 1.00 bits per heavy atom. The summed E-state index contributed by atoms with van der Waals surface area (Å²) in [5, 5.41) is 2.74. The third kappa shape index (κ3) is 6.50. The molecule has 0 bridgehead atoms. The first kappa shape index (κ1) is 24.3. The van der Waals surface area contributed by atoms with E-state index in [1.165, 1.54) is 38.5 Å². The quantitative estimate of drug-likeness (QED) is 0.476. The van der Waals surface area contributed by atoms with Crippen LogP contribution in [0.4, 0.5) is 5.69 Å². The number of hydrogen-bond donors (Lipinski definition) is 2. The molecule has 1 amide bonds. The van der Waals surface area contributed by atoms with E-state index in [1.807, 2.05) is 6.92 Å². The van der Waals surface area contributed by atoms with Crippen molar-refractivity contribution in [3.63, 3.8) is 0 Å². The normalized spacial score (nSPS) is 11.0. The summed E-state index contributed by atoms with van der Waals surface area (Å²) in [6, 6.07) is 8.83. The Morgan fingerprint density at radius 2 is 1.65 bits per heavy atom. The molecule has 10 heteroatoms. The first-order chi connectivity index (χ1) is 14.9. The van der Waals surface area contributed by atoms with Crippen molar-refractivity contribution in [2.45, 2.75) is 18.2 Å². The molecule has 0 unspecified atom stereocenters. The number of benzene rings is 2. The van der Waals surface area contributed by atoms with Crippen LogP contribution in [0.15, 0.2) is 41.3 Å². The third-order valence-corrected chi connectivity index (χ3v) is 5.65. The molecule has 2 rings (SSSR count). The van der Waals surface area contributed by atoms with E-state index in [0.29, 0.717) is 37.7 Å². The van der Waals surface area contributed by atoms with Crippen LogP contribution < -0.4 is 24.2 Å². The average molecular weight is 453 g/mol.